The second-order valence-corrected chi connectivity index (χ2v) is 7.43. The molecule has 0 fully saturated rings. The fraction of sp³-hybridized carbons (Fsp3) is 0.136. The quantitative estimate of drug-likeness (QED) is 0.469. The molecular weight excluding hydrogens is 432 g/mol. The summed E-state index contributed by atoms with van der Waals surface area (Å²) in [6.45, 7) is 2.05. The summed E-state index contributed by atoms with van der Waals surface area (Å²) in [5, 5.41) is 0.697. The second-order valence-electron chi connectivity index (χ2n) is 6.57. The Balaban J connectivity index is 2.03. The van der Waals surface area contributed by atoms with E-state index < -0.39 is 0 Å². The molecule has 0 bridgehead atoms. The van der Waals surface area contributed by atoms with Crippen molar-refractivity contribution in [2.75, 3.05) is 20.0 Å². The summed E-state index contributed by atoms with van der Waals surface area (Å²) in [5.41, 5.74) is 11.5. The van der Waals surface area contributed by atoms with Crippen molar-refractivity contribution < 1.29 is 9.47 Å². The van der Waals surface area contributed by atoms with Gasteiger partial charge in [-0.3, -0.25) is 0 Å². The van der Waals surface area contributed by atoms with Crippen LogP contribution in [0.4, 0.5) is 5.82 Å². The van der Waals surface area contributed by atoms with Gasteiger partial charge in [0.15, 0.2) is 17.1 Å². The van der Waals surface area contributed by atoms with Gasteiger partial charge in [0.1, 0.15) is 12.1 Å². The molecular formula is C22H19BrN4O2. The minimum absolute atomic E-state index is 0.374. The Bertz CT molecular complexity index is 1210. The maximum atomic E-state index is 6.21. The van der Waals surface area contributed by atoms with Gasteiger partial charge in [0.2, 0.25) is 0 Å². The van der Waals surface area contributed by atoms with Crippen molar-refractivity contribution in [3.05, 3.63) is 58.8 Å². The monoisotopic (exact) mass is 450 g/mol. The number of ether oxygens (including phenoxy) is 2. The molecule has 0 aliphatic rings. The van der Waals surface area contributed by atoms with Crippen molar-refractivity contribution in [2.24, 2.45) is 0 Å². The minimum atomic E-state index is 0.374. The Kier molecular flexibility index (Phi) is 5.07. The van der Waals surface area contributed by atoms with Gasteiger partial charge in [-0.2, -0.15) is 0 Å². The van der Waals surface area contributed by atoms with Gasteiger partial charge in [0.05, 0.1) is 29.8 Å². The largest absolute Gasteiger partial charge is 0.493 e. The molecule has 0 radical (unpaired) electrons. The summed E-state index contributed by atoms with van der Waals surface area (Å²) in [4.78, 5) is 13.2. The molecule has 0 spiro atoms. The third-order valence-corrected chi connectivity index (χ3v) is 5.31. The number of fused-ring (bicyclic) bond motifs is 1. The summed E-state index contributed by atoms with van der Waals surface area (Å²) in [5.74, 6) is 1.60. The molecule has 4 aromatic rings. The molecule has 4 rings (SSSR count). The second kappa shape index (κ2) is 7.67. The lowest BCUT2D eigenvalue weighted by Gasteiger charge is -2.15. The molecule has 6 nitrogen and oxygen atoms in total. The van der Waals surface area contributed by atoms with Gasteiger partial charge in [0, 0.05) is 5.56 Å². The van der Waals surface area contributed by atoms with Gasteiger partial charge in [-0.25, -0.2) is 15.0 Å². The third kappa shape index (κ3) is 3.49. The number of aryl methyl sites for hydroxylation is 1. The van der Waals surface area contributed by atoms with Crippen molar-refractivity contribution in [3.8, 4) is 33.9 Å². The number of nitrogens with zero attached hydrogens (tertiary/aromatic N) is 3. The maximum absolute atomic E-state index is 6.21. The van der Waals surface area contributed by atoms with Crippen LogP contribution in [-0.4, -0.2) is 29.2 Å². The predicted octanol–water partition coefficient (Wildman–Crippen LogP) is 5.03. The number of anilines is 1. The lowest BCUT2D eigenvalue weighted by atomic mass is 9.99. The summed E-state index contributed by atoms with van der Waals surface area (Å²) >= 11 is 3.57. The van der Waals surface area contributed by atoms with Crippen LogP contribution in [0.3, 0.4) is 0 Å². The van der Waals surface area contributed by atoms with Crippen LogP contribution in [0.15, 0.2) is 53.3 Å². The number of halogens is 1. The van der Waals surface area contributed by atoms with E-state index in [1.54, 1.807) is 14.2 Å². The summed E-state index contributed by atoms with van der Waals surface area (Å²) in [6, 6.07) is 14.1. The third-order valence-electron chi connectivity index (χ3n) is 4.73. The van der Waals surface area contributed by atoms with Crippen LogP contribution in [0.2, 0.25) is 0 Å². The molecule has 29 heavy (non-hydrogen) atoms. The molecule has 2 N–H and O–H groups in total. The molecule has 146 valence electrons. The van der Waals surface area contributed by atoms with Gasteiger partial charge in [-0.05, 0) is 52.2 Å². The fourth-order valence-electron chi connectivity index (χ4n) is 3.26. The van der Waals surface area contributed by atoms with Crippen molar-refractivity contribution in [3.63, 3.8) is 0 Å². The fourth-order valence-corrected chi connectivity index (χ4v) is 3.87. The standard InChI is InChI=1S/C22H19BrN4O2/c1-12-4-6-13(7-5-12)17-10-15(19-21(24)25-11-26-22(19)27-17)14-8-16(23)20(29-3)18(9-14)28-2/h4-11H,1-3H3,(H2,24,25,26,27). The highest BCUT2D eigenvalue weighted by molar-refractivity contribution is 9.10. The number of hydrogen-bond acceptors (Lipinski definition) is 6. The maximum Gasteiger partial charge on any atom is 0.174 e. The topological polar surface area (TPSA) is 83.2 Å². The zero-order valence-electron chi connectivity index (χ0n) is 16.2. The van der Waals surface area contributed by atoms with E-state index >= 15 is 0 Å². The molecule has 2 heterocycles. The molecule has 0 atom stereocenters. The van der Waals surface area contributed by atoms with E-state index in [1.807, 2.05) is 30.3 Å². The first-order valence-corrected chi connectivity index (χ1v) is 9.71. The van der Waals surface area contributed by atoms with E-state index in [0.29, 0.717) is 28.4 Å². The van der Waals surface area contributed by atoms with Crippen LogP contribution in [0, 0.1) is 6.92 Å². The average Bonchev–Trinajstić information content (AvgIpc) is 2.73. The number of pyridine rings is 1. The molecule has 0 aliphatic heterocycles. The van der Waals surface area contributed by atoms with Gasteiger partial charge in [-0.15, -0.1) is 0 Å². The number of methoxy groups -OCH3 is 2. The van der Waals surface area contributed by atoms with Crippen molar-refractivity contribution in [1.29, 1.82) is 0 Å². The van der Waals surface area contributed by atoms with Crippen LogP contribution in [0.1, 0.15) is 5.56 Å². The highest BCUT2D eigenvalue weighted by Gasteiger charge is 2.17. The normalized spacial score (nSPS) is 10.9. The number of nitrogen functional groups attached to an aromatic ring is 1. The van der Waals surface area contributed by atoms with E-state index in [-0.39, 0.29) is 0 Å². The Morgan fingerprint density at radius 2 is 1.69 bits per heavy atom. The van der Waals surface area contributed by atoms with Gasteiger partial charge >= 0.3 is 0 Å². The highest BCUT2D eigenvalue weighted by Crippen LogP contribution is 2.42. The number of benzene rings is 2. The summed E-state index contributed by atoms with van der Waals surface area (Å²) in [6.07, 6.45) is 1.43. The number of hydrogen-bond donors (Lipinski definition) is 1. The molecule has 2 aromatic carbocycles. The van der Waals surface area contributed by atoms with Crippen LogP contribution in [-0.2, 0) is 0 Å². The Labute approximate surface area is 176 Å². The minimum Gasteiger partial charge on any atom is -0.493 e. The highest BCUT2D eigenvalue weighted by atomic mass is 79.9. The van der Waals surface area contributed by atoms with Crippen LogP contribution in [0.25, 0.3) is 33.4 Å². The van der Waals surface area contributed by atoms with E-state index in [2.05, 4.69) is 45.0 Å². The zero-order valence-corrected chi connectivity index (χ0v) is 17.8. The first-order valence-electron chi connectivity index (χ1n) is 8.92. The zero-order chi connectivity index (χ0) is 20.5. The number of rotatable bonds is 4. The SMILES string of the molecule is COc1cc(-c2cc(-c3ccc(C)cc3)nc3ncnc(N)c23)cc(Br)c1OC. The van der Waals surface area contributed by atoms with Gasteiger partial charge in [0.25, 0.3) is 0 Å². The lowest BCUT2D eigenvalue weighted by Crippen LogP contribution is -1.99. The average molecular weight is 451 g/mol. The predicted molar refractivity (Wildman–Crippen MR) is 118 cm³/mol. The molecule has 2 aromatic heterocycles. The van der Waals surface area contributed by atoms with E-state index in [0.717, 1.165) is 26.9 Å². The van der Waals surface area contributed by atoms with Gasteiger partial charge < -0.3 is 15.2 Å². The first-order chi connectivity index (χ1) is 14.0. The first kappa shape index (κ1) is 19.1. The van der Waals surface area contributed by atoms with Crippen LogP contribution in [0.5, 0.6) is 11.5 Å². The van der Waals surface area contributed by atoms with Crippen LogP contribution >= 0.6 is 15.9 Å². The van der Waals surface area contributed by atoms with Crippen molar-refractivity contribution in [1.82, 2.24) is 15.0 Å². The number of aromatic nitrogens is 3. The Morgan fingerprint density at radius 1 is 0.931 bits per heavy atom. The van der Waals surface area contributed by atoms with Gasteiger partial charge in [-0.1, -0.05) is 29.8 Å². The molecule has 7 heteroatoms. The van der Waals surface area contributed by atoms with Crippen LogP contribution < -0.4 is 15.2 Å². The molecule has 0 saturated heterocycles. The Hall–Kier alpha value is -3.19. The molecule has 0 amide bonds. The Morgan fingerprint density at radius 3 is 2.38 bits per heavy atom. The van der Waals surface area contributed by atoms with E-state index in [4.69, 9.17) is 20.2 Å². The smallest absolute Gasteiger partial charge is 0.174 e. The molecule has 0 aliphatic carbocycles. The number of nitrogens with two attached hydrogens (primary N) is 1. The van der Waals surface area contributed by atoms with E-state index in [9.17, 15) is 0 Å². The lowest BCUT2D eigenvalue weighted by molar-refractivity contribution is 0.353. The molecule has 0 unspecified atom stereocenters. The van der Waals surface area contributed by atoms with E-state index in [1.165, 1.54) is 11.9 Å². The summed E-state index contributed by atoms with van der Waals surface area (Å²) in [7, 11) is 3.21. The van der Waals surface area contributed by atoms with Crippen molar-refractivity contribution in [2.45, 2.75) is 6.92 Å². The molecule has 0 saturated carbocycles. The van der Waals surface area contributed by atoms with Crippen molar-refractivity contribution >= 4 is 32.8 Å². The summed E-state index contributed by atoms with van der Waals surface area (Å²) < 4.78 is 11.7.